The Kier molecular flexibility index (Phi) is 6.59. The first-order chi connectivity index (χ1) is 11.8. The van der Waals surface area contributed by atoms with E-state index in [2.05, 4.69) is 27.3 Å². The molecule has 9 heteroatoms. The monoisotopic (exact) mass is 479 g/mol. The second-order valence-corrected chi connectivity index (χ2v) is 7.98. The van der Waals surface area contributed by atoms with Crippen molar-refractivity contribution < 1.29 is 27.4 Å². The largest absolute Gasteiger partial charge is 0.491 e. The van der Waals surface area contributed by atoms with Crippen LogP contribution in [0.3, 0.4) is 0 Å². The molecule has 0 unspecified atom stereocenters. The zero-order valence-electron chi connectivity index (χ0n) is 12.9. The van der Waals surface area contributed by atoms with Crippen LogP contribution >= 0.6 is 22.6 Å². The van der Waals surface area contributed by atoms with Crippen LogP contribution < -0.4 is 9.46 Å². The number of benzene rings is 2. The number of carbonyl (C=O) groups is 1. The topological polar surface area (TPSA) is 92.7 Å². The van der Waals surface area contributed by atoms with Crippen LogP contribution in [0.25, 0.3) is 0 Å². The van der Waals surface area contributed by atoms with Gasteiger partial charge in [0.1, 0.15) is 0 Å². The van der Waals surface area contributed by atoms with Gasteiger partial charge in [-0.3, -0.25) is 9.52 Å². The van der Waals surface area contributed by atoms with Crippen LogP contribution in [-0.2, 0) is 14.8 Å². The van der Waals surface area contributed by atoms with Gasteiger partial charge >= 0.3 is 5.97 Å². The molecule has 0 aliphatic rings. The normalized spacial score (nSPS) is 11.1. The SMILES string of the molecule is O=C(O)CCCOc1ccc(S(=O)(=O)Nc2cccc(I)c2)cc1F. The van der Waals surface area contributed by atoms with E-state index in [0.717, 1.165) is 9.64 Å². The molecule has 6 nitrogen and oxygen atoms in total. The predicted molar refractivity (Wildman–Crippen MR) is 98.7 cm³/mol. The van der Waals surface area contributed by atoms with Crippen molar-refractivity contribution in [2.75, 3.05) is 11.3 Å². The number of sulfonamides is 1. The van der Waals surface area contributed by atoms with Crippen molar-refractivity contribution in [3.05, 3.63) is 51.9 Å². The standard InChI is InChI=1S/C16H15FINO5S/c17-14-10-13(6-7-15(14)24-8-2-5-16(20)21)25(22,23)19-12-4-1-3-11(18)9-12/h1,3-4,6-7,9-10,19H,2,5,8H2,(H,20,21). The van der Waals surface area contributed by atoms with Crippen LogP contribution in [-0.4, -0.2) is 26.1 Å². The van der Waals surface area contributed by atoms with Crippen LogP contribution in [0.5, 0.6) is 5.75 Å². The summed E-state index contributed by atoms with van der Waals surface area (Å²) in [7, 11) is -3.93. The Morgan fingerprint density at radius 2 is 2.00 bits per heavy atom. The van der Waals surface area contributed by atoms with Crippen molar-refractivity contribution in [2.24, 2.45) is 0 Å². The van der Waals surface area contributed by atoms with E-state index in [1.54, 1.807) is 18.2 Å². The highest BCUT2D eigenvalue weighted by Crippen LogP contribution is 2.23. The van der Waals surface area contributed by atoms with Gasteiger partial charge in [0.25, 0.3) is 10.0 Å². The van der Waals surface area contributed by atoms with Crippen LogP contribution in [0.2, 0.25) is 0 Å². The third kappa shape index (κ3) is 5.85. The van der Waals surface area contributed by atoms with Crippen molar-refractivity contribution in [1.82, 2.24) is 0 Å². The van der Waals surface area contributed by atoms with Gasteiger partial charge in [-0.05, 0) is 65.4 Å². The average molecular weight is 479 g/mol. The molecule has 134 valence electrons. The molecule has 2 aromatic rings. The number of anilines is 1. The maximum Gasteiger partial charge on any atom is 0.303 e. The highest BCUT2D eigenvalue weighted by Gasteiger charge is 2.17. The molecular weight excluding hydrogens is 464 g/mol. The zero-order chi connectivity index (χ0) is 18.4. The van der Waals surface area contributed by atoms with Crippen LogP contribution in [0.1, 0.15) is 12.8 Å². The van der Waals surface area contributed by atoms with Crippen LogP contribution in [0.15, 0.2) is 47.4 Å². The molecular formula is C16H15FINO5S. The second-order valence-electron chi connectivity index (χ2n) is 5.05. The van der Waals surface area contributed by atoms with E-state index in [0.29, 0.717) is 5.69 Å². The Morgan fingerprint density at radius 1 is 1.24 bits per heavy atom. The fourth-order valence-electron chi connectivity index (χ4n) is 1.94. The molecule has 0 aliphatic carbocycles. The van der Waals surface area contributed by atoms with Gasteiger partial charge in [0.05, 0.1) is 11.5 Å². The van der Waals surface area contributed by atoms with E-state index in [1.165, 1.54) is 12.1 Å². The molecule has 0 atom stereocenters. The molecule has 0 fully saturated rings. The van der Waals surface area contributed by atoms with Crippen LogP contribution in [0, 0.1) is 9.39 Å². The lowest BCUT2D eigenvalue weighted by Crippen LogP contribution is -2.13. The Hall–Kier alpha value is -1.88. The first-order valence-corrected chi connectivity index (χ1v) is 9.76. The molecule has 0 saturated carbocycles. The summed E-state index contributed by atoms with van der Waals surface area (Å²) in [5.41, 5.74) is 0.376. The summed E-state index contributed by atoms with van der Waals surface area (Å²) < 4.78 is 47.1. The molecule has 0 aliphatic heterocycles. The number of aliphatic carboxylic acids is 1. The van der Waals surface area contributed by atoms with Gasteiger partial charge in [-0.25, -0.2) is 12.8 Å². The minimum atomic E-state index is -3.93. The molecule has 2 aromatic carbocycles. The molecule has 0 saturated heterocycles. The Morgan fingerprint density at radius 3 is 2.64 bits per heavy atom. The van der Waals surface area contributed by atoms with Crippen molar-refractivity contribution in [3.63, 3.8) is 0 Å². The highest BCUT2D eigenvalue weighted by atomic mass is 127. The first-order valence-electron chi connectivity index (χ1n) is 7.20. The molecule has 25 heavy (non-hydrogen) atoms. The smallest absolute Gasteiger partial charge is 0.303 e. The highest BCUT2D eigenvalue weighted by molar-refractivity contribution is 14.1. The lowest BCUT2D eigenvalue weighted by Gasteiger charge is -2.11. The van der Waals surface area contributed by atoms with E-state index in [4.69, 9.17) is 9.84 Å². The number of carboxylic acids is 1. The van der Waals surface area contributed by atoms with Crippen molar-refractivity contribution in [1.29, 1.82) is 0 Å². The van der Waals surface area contributed by atoms with Gasteiger partial charge in [0.15, 0.2) is 11.6 Å². The molecule has 0 heterocycles. The summed E-state index contributed by atoms with van der Waals surface area (Å²) in [5.74, 6) is -1.92. The fraction of sp³-hybridized carbons (Fsp3) is 0.188. The maximum absolute atomic E-state index is 14.0. The minimum absolute atomic E-state index is 0.0238. The first kappa shape index (κ1) is 19.4. The number of hydrogen-bond donors (Lipinski definition) is 2. The number of carboxylic acid groups (broad SMARTS) is 1. The fourth-order valence-corrected chi connectivity index (χ4v) is 3.54. The van der Waals surface area contributed by atoms with Crippen LogP contribution in [0.4, 0.5) is 10.1 Å². The molecule has 0 amide bonds. The summed E-state index contributed by atoms with van der Waals surface area (Å²) in [6.07, 6.45) is 0.136. The predicted octanol–water partition coefficient (Wildman–Crippen LogP) is 3.47. The van der Waals surface area contributed by atoms with Gasteiger partial charge in [0.2, 0.25) is 0 Å². The molecule has 0 radical (unpaired) electrons. The van der Waals surface area contributed by atoms with Gasteiger partial charge in [-0.15, -0.1) is 0 Å². The molecule has 2 N–H and O–H groups in total. The number of halogens is 2. The van der Waals surface area contributed by atoms with Crippen molar-refractivity contribution in [3.8, 4) is 5.75 Å². The van der Waals surface area contributed by atoms with Gasteiger partial charge < -0.3 is 9.84 Å². The van der Waals surface area contributed by atoms with E-state index >= 15 is 0 Å². The average Bonchev–Trinajstić information content (AvgIpc) is 2.52. The summed E-state index contributed by atoms with van der Waals surface area (Å²) in [4.78, 5) is 10.2. The third-order valence-corrected chi connectivity index (χ3v) is 5.13. The third-order valence-electron chi connectivity index (χ3n) is 3.08. The van der Waals surface area contributed by atoms with Gasteiger partial charge in [0, 0.05) is 15.7 Å². The van der Waals surface area contributed by atoms with E-state index in [-0.39, 0.29) is 30.1 Å². The maximum atomic E-state index is 14.0. The molecule has 0 spiro atoms. The van der Waals surface area contributed by atoms with Gasteiger partial charge in [-0.1, -0.05) is 6.07 Å². The number of nitrogens with one attached hydrogen (secondary N) is 1. The Bertz CT molecular complexity index is 873. The van der Waals surface area contributed by atoms with Gasteiger partial charge in [-0.2, -0.15) is 0 Å². The number of rotatable bonds is 8. The van der Waals surface area contributed by atoms with Crippen molar-refractivity contribution >= 4 is 44.3 Å². The minimum Gasteiger partial charge on any atom is -0.491 e. The molecule has 0 bridgehead atoms. The summed E-state index contributed by atoms with van der Waals surface area (Å²) in [6.45, 7) is 0.0238. The number of hydrogen-bond acceptors (Lipinski definition) is 4. The number of ether oxygens (including phenoxy) is 1. The zero-order valence-corrected chi connectivity index (χ0v) is 15.9. The lowest BCUT2D eigenvalue weighted by molar-refractivity contribution is -0.137. The lowest BCUT2D eigenvalue weighted by atomic mass is 10.3. The molecule has 2 rings (SSSR count). The Labute approximate surface area is 158 Å². The summed E-state index contributed by atoms with van der Waals surface area (Å²) in [6, 6.07) is 10.1. The van der Waals surface area contributed by atoms with Crippen molar-refractivity contribution in [2.45, 2.75) is 17.7 Å². The summed E-state index contributed by atoms with van der Waals surface area (Å²) in [5, 5.41) is 8.53. The quantitative estimate of drug-likeness (QED) is 0.447. The Balaban J connectivity index is 2.09. The molecule has 0 aromatic heterocycles. The van der Waals surface area contributed by atoms with E-state index < -0.39 is 21.8 Å². The van der Waals surface area contributed by atoms with E-state index in [9.17, 15) is 17.6 Å². The second kappa shape index (κ2) is 8.48. The van der Waals surface area contributed by atoms with E-state index in [1.807, 2.05) is 6.07 Å². The summed E-state index contributed by atoms with van der Waals surface area (Å²) >= 11 is 2.05.